The Morgan fingerprint density at radius 1 is 1.06 bits per heavy atom. The van der Waals surface area contributed by atoms with Gasteiger partial charge in [0.1, 0.15) is 11.6 Å². The van der Waals surface area contributed by atoms with Gasteiger partial charge in [-0.2, -0.15) is 0 Å². The molecule has 2 fully saturated rings. The number of urea groups is 1. The molecule has 4 unspecified atom stereocenters. The third-order valence-electron chi connectivity index (χ3n) is 7.72. The molecule has 2 aromatic rings. The maximum Gasteiger partial charge on any atom is 0.323 e. The summed E-state index contributed by atoms with van der Waals surface area (Å²) in [7, 11) is 0. The smallest absolute Gasteiger partial charge is 0.323 e. The Morgan fingerprint density at radius 2 is 1.79 bits per heavy atom. The molecular weight excluding hydrogens is 435 g/mol. The van der Waals surface area contributed by atoms with Crippen LogP contribution in [0.15, 0.2) is 48.5 Å². The van der Waals surface area contributed by atoms with Gasteiger partial charge in [-0.05, 0) is 86.3 Å². The van der Waals surface area contributed by atoms with E-state index in [4.69, 9.17) is 0 Å². The van der Waals surface area contributed by atoms with Crippen LogP contribution in [-0.4, -0.2) is 22.9 Å². The first-order valence-electron chi connectivity index (χ1n) is 12.0. The van der Waals surface area contributed by atoms with Gasteiger partial charge < -0.3 is 15.7 Å². The number of rotatable bonds is 6. The van der Waals surface area contributed by atoms with Crippen molar-refractivity contribution in [3.8, 4) is 0 Å². The molecule has 2 aromatic carbocycles. The molecule has 2 aliphatic carbocycles. The molecule has 2 amide bonds. The zero-order chi connectivity index (χ0) is 24.3. The maximum absolute atomic E-state index is 13.3. The number of fused-ring (bicyclic) bond motifs is 1. The number of ketones is 1. The highest BCUT2D eigenvalue weighted by molar-refractivity contribution is 5.99. The molecular formula is C27H31FN2O4. The zero-order valence-electron chi connectivity index (χ0n) is 19.4. The number of carboxylic acid groups (broad SMARTS) is 1. The van der Waals surface area contributed by atoms with Crippen LogP contribution in [-0.2, 0) is 9.59 Å². The Kier molecular flexibility index (Phi) is 7.00. The predicted molar refractivity (Wildman–Crippen MR) is 128 cm³/mol. The van der Waals surface area contributed by atoms with Crippen molar-refractivity contribution in [2.24, 2.45) is 17.3 Å². The Balaban J connectivity index is 1.35. The molecule has 3 N–H and O–H groups in total. The van der Waals surface area contributed by atoms with E-state index in [1.807, 2.05) is 31.2 Å². The number of anilines is 2. The Morgan fingerprint density at radius 3 is 2.47 bits per heavy atom. The van der Waals surface area contributed by atoms with Gasteiger partial charge in [0, 0.05) is 22.7 Å². The number of Topliss-reactive ketones (excluding diaryl/α,β-unsaturated/α-hetero) is 1. The molecule has 0 spiro atoms. The highest BCUT2D eigenvalue weighted by Gasteiger charge is 2.50. The van der Waals surface area contributed by atoms with E-state index in [0.717, 1.165) is 25.7 Å². The van der Waals surface area contributed by atoms with Gasteiger partial charge in [-0.3, -0.25) is 9.59 Å². The highest BCUT2D eigenvalue weighted by Crippen LogP contribution is 2.51. The third-order valence-corrected chi connectivity index (χ3v) is 7.72. The second-order valence-corrected chi connectivity index (χ2v) is 9.70. The second-order valence-electron chi connectivity index (χ2n) is 9.70. The van der Waals surface area contributed by atoms with Crippen molar-refractivity contribution in [2.75, 3.05) is 10.6 Å². The third kappa shape index (κ3) is 5.13. The Bertz CT molecular complexity index is 1070. The number of carbonyl (C=O) groups is 3. The van der Waals surface area contributed by atoms with Crippen LogP contribution in [0.3, 0.4) is 0 Å². The summed E-state index contributed by atoms with van der Waals surface area (Å²) in [4.78, 5) is 36.8. The van der Waals surface area contributed by atoms with Crippen molar-refractivity contribution < 1.29 is 23.9 Å². The maximum atomic E-state index is 13.3. The zero-order valence-corrected chi connectivity index (χ0v) is 19.4. The van der Waals surface area contributed by atoms with E-state index in [1.54, 1.807) is 6.07 Å². The first-order chi connectivity index (χ1) is 16.3. The van der Waals surface area contributed by atoms with Crippen molar-refractivity contribution in [3.05, 3.63) is 59.9 Å². The molecule has 34 heavy (non-hydrogen) atoms. The van der Waals surface area contributed by atoms with Gasteiger partial charge in [0.15, 0.2) is 0 Å². The van der Waals surface area contributed by atoms with Crippen molar-refractivity contribution in [3.63, 3.8) is 0 Å². The average molecular weight is 467 g/mol. The van der Waals surface area contributed by atoms with Crippen LogP contribution in [0, 0.1) is 23.1 Å². The summed E-state index contributed by atoms with van der Waals surface area (Å²) in [5.74, 6) is -0.528. The van der Waals surface area contributed by atoms with E-state index in [9.17, 15) is 23.9 Å². The minimum Gasteiger partial charge on any atom is -0.481 e. The van der Waals surface area contributed by atoms with E-state index >= 15 is 0 Å². The number of carbonyl (C=O) groups excluding carboxylic acids is 2. The molecule has 0 heterocycles. The number of carboxylic acids is 1. The summed E-state index contributed by atoms with van der Waals surface area (Å²) in [6, 6.07) is 13.0. The number of amides is 2. The fourth-order valence-corrected chi connectivity index (χ4v) is 5.85. The minimum atomic E-state index is -0.888. The molecule has 0 aliphatic heterocycles. The first-order valence-corrected chi connectivity index (χ1v) is 12.0. The summed E-state index contributed by atoms with van der Waals surface area (Å²) >= 11 is 0. The molecule has 7 heteroatoms. The van der Waals surface area contributed by atoms with E-state index < -0.39 is 23.2 Å². The van der Waals surface area contributed by atoms with Gasteiger partial charge in [-0.15, -0.1) is 0 Å². The molecule has 0 aromatic heterocycles. The van der Waals surface area contributed by atoms with E-state index in [2.05, 4.69) is 10.6 Å². The van der Waals surface area contributed by atoms with E-state index in [1.165, 1.54) is 23.8 Å². The van der Waals surface area contributed by atoms with E-state index in [-0.39, 0.29) is 18.1 Å². The van der Waals surface area contributed by atoms with Crippen LogP contribution in [0.25, 0.3) is 0 Å². The molecule has 2 aliphatic rings. The molecule has 4 atom stereocenters. The van der Waals surface area contributed by atoms with Gasteiger partial charge in [0.05, 0.1) is 6.42 Å². The number of hydrogen-bond donors (Lipinski definition) is 3. The lowest BCUT2D eigenvalue weighted by atomic mass is 9.56. The van der Waals surface area contributed by atoms with Gasteiger partial charge in [0.2, 0.25) is 0 Å². The van der Waals surface area contributed by atoms with Crippen molar-refractivity contribution in [1.29, 1.82) is 0 Å². The fraction of sp³-hybridized carbons (Fsp3) is 0.444. The average Bonchev–Trinajstić information content (AvgIpc) is 2.81. The molecule has 0 saturated heterocycles. The lowest BCUT2D eigenvalue weighted by Crippen LogP contribution is -2.46. The second kappa shape index (κ2) is 9.95. The quantitative estimate of drug-likeness (QED) is 0.472. The molecule has 0 radical (unpaired) electrons. The largest absolute Gasteiger partial charge is 0.481 e. The summed E-state index contributed by atoms with van der Waals surface area (Å²) in [5.41, 5.74) is 1.50. The molecule has 6 nitrogen and oxygen atoms in total. The molecule has 0 bridgehead atoms. The van der Waals surface area contributed by atoms with Crippen molar-refractivity contribution in [1.82, 2.24) is 0 Å². The van der Waals surface area contributed by atoms with Crippen LogP contribution in [0.4, 0.5) is 20.6 Å². The number of benzene rings is 2. The normalized spacial score (nSPS) is 26.4. The molecule has 2 saturated carbocycles. The monoisotopic (exact) mass is 466 g/mol. The SMILES string of the molecule is CCC1(CC(=O)O)CCC2CC(c3ccc(NC(=O)Nc4cccc(F)c4)cc3)CCC2C1=O. The van der Waals surface area contributed by atoms with Gasteiger partial charge in [-0.25, -0.2) is 9.18 Å². The first kappa shape index (κ1) is 23.9. The summed E-state index contributed by atoms with van der Waals surface area (Å²) in [6.07, 6.45) is 4.70. The Hall–Kier alpha value is -3.22. The lowest BCUT2D eigenvalue weighted by molar-refractivity contribution is -0.151. The van der Waals surface area contributed by atoms with Crippen LogP contribution in [0.5, 0.6) is 0 Å². The van der Waals surface area contributed by atoms with Gasteiger partial charge in [-0.1, -0.05) is 25.1 Å². The van der Waals surface area contributed by atoms with Crippen LogP contribution in [0.1, 0.15) is 63.4 Å². The molecule has 180 valence electrons. The standard InChI is InChI=1S/C27H31FN2O4/c1-2-27(16-24(31)32)13-12-19-14-18(8-11-23(19)25(27)33)17-6-9-21(10-7-17)29-26(34)30-22-5-3-4-20(28)15-22/h3-7,9-10,15,18-19,23H,2,8,11-14,16H2,1H3,(H,31,32)(H2,29,30,34). The summed E-state index contributed by atoms with van der Waals surface area (Å²) < 4.78 is 13.3. The van der Waals surface area contributed by atoms with Crippen LogP contribution >= 0.6 is 0 Å². The minimum absolute atomic E-state index is 0.0308. The topological polar surface area (TPSA) is 95.5 Å². The van der Waals surface area contributed by atoms with Crippen molar-refractivity contribution >= 4 is 29.2 Å². The number of aliphatic carboxylic acids is 1. The van der Waals surface area contributed by atoms with Gasteiger partial charge in [0.25, 0.3) is 0 Å². The summed E-state index contributed by atoms with van der Waals surface area (Å²) in [5, 5.41) is 14.7. The summed E-state index contributed by atoms with van der Waals surface area (Å²) in [6.45, 7) is 1.93. The highest BCUT2D eigenvalue weighted by atomic mass is 19.1. The molecule has 4 rings (SSSR count). The predicted octanol–water partition coefficient (Wildman–Crippen LogP) is 6.20. The lowest BCUT2D eigenvalue weighted by Gasteiger charge is -2.46. The Labute approximate surface area is 198 Å². The fourth-order valence-electron chi connectivity index (χ4n) is 5.85. The van der Waals surface area contributed by atoms with Crippen LogP contribution in [0.2, 0.25) is 0 Å². The van der Waals surface area contributed by atoms with Crippen LogP contribution < -0.4 is 10.6 Å². The van der Waals surface area contributed by atoms with Crippen molar-refractivity contribution in [2.45, 2.75) is 57.8 Å². The number of halogens is 1. The van der Waals surface area contributed by atoms with Gasteiger partial charge >= 0.3 is 12.0 Å². The number of hydrogen-bond acceptors (Lipinski definition) is 3. The van der Waals surface area contributed by atoms with E-state index in [0.29, 0.717) is 36.1 Å². The number of nitrogens with one attached hydrogen (secondary N) is 2.